The largest absolute Gasteiger partial charge is 0.444 e. The number of amides is 2. The zero-order chi connectivity index (χ0) is 33.9. The van der Waals surface area contributed by atoms with E-state index in [9.17, 15) is 9.59 Å². The summed E-state index contributed by atoms with van der Waals surface area (Å²) < 4.78 is 10.7. The van der Waals surface area contributed by atoms with Crippen LogP contribution in [-0.2, 0) is 10.2 Å². The smallest absolute Gasteiger partial charge is 0.410 e. The second-order valence-corrected chi connectivity index (χ2v) is 13.7. The average Bonchev–Trinajstić information content (AvgIpc) is 3.53. The average molecular weight is 642 g/mol. The molecule has 1 aliphatic heterocycles. The first-order valence-electron chi connectivity index (χ1n) is 15.7. The summed E-state index contributed by atoms with van der Waals surface area (Å²) >= 11 is 0. The van der Waals surface area contributed by atoms with Crippen LogP contribution in [0, 0.1) is 6.92 Å². The SMILES string of the molecule is Cc1cc(-c2cc(Nc3ccc(N4CCN(C(=O)OC(C)(C)C)CC4)cn3)ncn2)ccc1[C@@H](C)NC(=O)c1nc(C(C)(C)C)no1. The van der Waals surface area contributed by atoms with Crippen LogP contribution in [0.1, 0.15) is 82.1 Å². The number of nitrogens with one attached hydrogen (secondary N) is 2. The number of rotatable bonds is 7. The predicted molar refractivity (Wildman–Crippen MR) is 179 cm³/mol. The molecule has 0 bridgehead atoms. The molecule has 1 fully saturated rings. The Morgan fingerprint density at radius 2 is 1.68 bits per heavy atom. The molecule has 0 unspecified atom stereocenters. The van der Waals surface area contributed by atoms with Gasteiger partial charge in [0.25, 0.3) is 0 Å². The van der Waals surface area contributed by atoms with Gasteiger partial charge in [0.05, 0.1) is 23.6 Å². The third kappa shape index (κ3) is 8.40. The van der Waals surface area contributed by atoms with Gasteiger partial charge in [-0.15, -0.1) is 0 Å². The molecular weight excluding hydrogens is 598 g/mol. The molecule has 1 saturated heterocycles. The number of hydrogen-bond acceptors (Lipinski definition) is 11. The van der Waals surface area contributed by atoms with Crippen molar-refractivity contribution in [1.82, 2.24) is 35.3 Å². The van der Waals surface area contributed by atoms with E-state index in [1.54, 1.807) is 4.90 Å². The van der Waals surface area contributed by atoms with Gasteiger partial charge in [-0.25, -0.2) is 19.7 Å². The number of benzene rings is 1. The van der Waals surface area contributed by atoms with E-state index in [1.165, 1.54) is 6.33 Å². The van der Waals surface area contributed by atoms with Crippen molar-refractivity contribution in [1.29, 1.82) is 0 Å². The molecule has 0 saturated carbocycles. The fourth-order valence-electron chi connectivity index (χ4n) is 5.11. The number of ether oxygens (including phenoxy) is 1. The van der Waals surface area contributed by atoms with Crippen molar-refractivity contribution < 1.29 is 18.8 Å². The van der Waals surface area contributed by atoms with Crippen molar-refractivity contribution >= 4 is 29.3 Å². The van der Waals surface area contributed by atoms with Crippen LogP contribution in [0.25, 0.3) is 11.3 Å². The van der Waals surface area contributed by atoms with Crippen molar-refractivity contribution in [3.63, 3.8) is 0 Å². The van der Waals surface area contributed by atoms with Crippen molar-refractivity contribution in [2.75, 3.05) is 36.4 Å². The minimum absolute atomic E-state index is 0.0562. The third-order valence-corrected chi connectivity index (χ3v) is 7.64. The van der Waals surface area contributed by atoms with Gasteiger partial charge < -0.3 is 29.7 Å². The second-order valence-electron chi connectivity index (χ2n) is 13.7. The van der Waals surface area contributed by atoms with Crippen LogP contribution in [0.5, 0.6) is 0 Å². The first-order valence-corrected chi connectivity index (χ1v) is 15.7. The maximum absolute atomic E-state index is 12.8. The highest BCUT2D eigenvalue weighted by atomic mass is 16.6. The summed E-state index contributed by atoms with van der Waals surface area (Å²) in [4.78, 5) is 46.8. The van der Waals surface area contributed by atoms with Crippen LogP contribution >= 0.6 is 0 Å². The molecule has 3 aromatic heterocycles. The van der Waals surface area contributed by atoms with Gasteiger partial charge in [0.1, 0.15) is 23.6 Å². The lowest BCUT2D eigenvalue weighted by molar-refractivity contribution is 0.0240. The molecule has 4 heterocycles. The minimum atomic E-state index is -0.511. The predicted octanol–water partition coefficient (Wildman–Crippen LogP) is 5.82. The van der Waals surface area contributed by atoms with E-state index >= 15 is 0 Å². The highest BCUT2D eigenvalue weighted by Crippen LogP contribution is 2.27. The standard InChI is InChI=1S/C34H43N9O4/c1-21-17-23(9-11-25(21)22(2)38-29(44)30-40-31(41-47-30)33(3,4)5)26-18-28(37-20-36-26)39-27-12-10-24(19-35-27)42-13-15-43(16-14-42)32(45)46-34(6,7)8/h9-12,17-20,22H,13-16H2,1-8H3,(H,38,44)(H,35,36,37,39)/t22-/m1/s1. The van der Waals surface area contributed by atoms with E-state index in [-0.39, 0.29) is 23.4 Å². The molecule has 1 aromatic carbocycles. The van der Waals surface area contributed by atoms with Crippen LogP contribution in [0.2, 0.25) is 0 Å². The third-order valence-electron chi connectivity index (χ3n) is 7.64. The first kappa shape index (κ1) is 33.3. The van der Waals surface area contributed by atoms with Gasteiger partial charge >= 0.3 is 17.9 Å². The zero-order valence-electron chi connectivity index (χ0n) is 28.3. The summed E-state index contributed by atoms with van der Waals surface area (Å²) in [5.74, 6) is 1.27. The van der Waals surface area contributed by atoms with Crippen molar-refractivity contribution in [2.45, 2.75) is 72.4 Å². The van der Waals surface area contributed by atoms with Crippen molar-refractivity contribution in [2.24, 2.45) is 0 Å². The fourth-order valence-corrected chi connectivity index (χ4v) is 5.11. The number of nitrogens with zero attached hydrogens (tertiary/aromatic N) is 7. The van der Waals surface area contributed by atoms with Gasteiger partial charge in [-0.05, 0) is 63.9 Å². The lowest BCUT2D eigenvalue weighted by Crippen LogP contribution is -2.50. The molecule has 4 aromatic rings. The molecule has 47 heavy (non-hydrogen) atoms. The van der Waals surface area contributed by atoms with Crippen LogP contribution in [0.3, 0.4) is 0 Å². The number of pyridine rings is 1. The number of piperazine rings is 1. The first-order chi connectivity index (χ1) is 22.2. The van der Waals surface area contributed by atoms with E-state index in [1.807, 2.05) is 98.0 Å². The molecule has 5 rings (SSSR count). The van der Waals surface area contributed by atoms with E-state index in [4.69, 9.17) is 9.26 Å². The Kier molecular flexibility index (Phi) is 9.45. The lowest BCUT2D eigenvalue weighted by atomic mass is 9.96. The van der Waals surface area contributed by atoms with E-state index in [0.717, 1.165) is 28.1 Å². The highest BCUT2D eigenvalue weighted by Gasteiger charge is 2.27. The van der Waals surface area contributed by atoms with Gasteiger partial charge in [0, 0.05) is 43.2 Å². The van der Waals surface area contributed by atoms with Crippen LogP contribution in [0.4, 0.5) is 22.1 Å². The molecule has 0 aliphatic carbocycles. The minimum Gasteiger partial charge on any atom is -0.444 e. The molecule has 248 valence electrons. The Morgan fingerprint density at radius 3 is 2.30 bits per heavy atom. The molecule has 1 atom stereocenters. The summed E-state index contributed by atoms with van der Waals surface area (Å²) in [5.41, 5.74) is 3.76. The maximum atomic E-state index is 12.8. The highest BCUT2D eigenvalue weighted by molar-refractivity contribution is 5.89. The van der Waals surface area contributed by atoms with Crippen LogP contribution in [-0.4, -0.2) is 73.8 Å². The second kappa shape index (κ2) is 13.3. The summed E-state index contributed by atoms with van der Waals surface area (Å²) in [7, 11) is 0. The van der Waals surface area contributed by atoms with Crippen LogP contribution < -0.4 is 15.5 Å². The molecule has 13 heteroatoms. The van der Waals surface area contributed by atoms with Gasteiger partial charge in [-0.2, -0.15) is 4.98 Å². The molecule has 2 N–H and O–H groups in total. The summed E-state index contributed by atoms with van der Waals surface area (Å²) in [6.45, 7) is 18.0. The Labute approximate surface area is 275 Å². The number of carbonyl (C=O) groups excluding carboxylic acids is 2. The molecule has 13 nitrogen and oxygen atoms in total. The molecule has 0 radical (unpaired) electrons. The number of hydrogen-bond donors (Lipinski definition) is 2. The monoisotopic (exact) mass is 641 g/mol. The van der Waals surface area contributed by atoms with Gasteiger partial charge in [0.15, 0.2) is 5.82 Å². The van der Waals surface area contributed by atoms with Gasteiger partial charge in [0.2, 0.25) is 0 Å². The Morgan fingerprint density at radius 1 is 0.936 bits per heavy atom. The van der Waals surface area contributed by atoms with E-state index in [0.29, 0.717) is 43.6 Å². The van der Waals surface area contributed by atoms with Crippen molar-refractivity contribution in [3.05, 3.63) is 71.8 Å². The Bertz CT molecular complexity index is 1720. The Balaban J connectivity index is 1.18. The normalized spacial score (nSPS) is 14.5. The molecule has 2 amide bonds. The quantitative estimate of drug-likeness (QED) is 0.251. The topological polar surface area (TPSA) is 152 Å². The number of aromatic nitrogens is 5. The van der Waals surface area contributed by atoms with E-state index in [2.05, 4.69) is 40.6 Å². The summed E-state index contributed by atoms with van der Waals surface area (Å²) in [5, 5.41) is 10.2. The lowest BCUT2D eigenvalue weighted by Gasteiger charge is -2.36. The molecule has 0 spiro atoms. The number of carbonyl (C=O) groups is 2. The van der Waals surface area contributed by atoms with Gasteiger partial charge in [-0.3, -0.25) is 4.79 Å². The number of anilines is 3. The maximum Gasteiger partial charge on any atom is 0.410 e. The van der Waals surface area contributed by atoms with Crippen LogP contribution in [0.15, 0.2) is 53.4 Å². The van der Waals surface area contributed by atoms with Crippen molar-refractivity contribution in [3.8, 4) is 11.3 Å². The summed E-state index contributed by atoms with van der Waals surface area (Å²) in [6, 6.07) is 11.5. The molecule has 1 aliphatic rings. The zero-order valence-corrected chi connectivity index (χ0v) is 28.3. The summed E-state index contributed by atoms with van der Waals surface area (Å²) in [6.07, 6.45) is 3.05. The Hall–Kier alpha value is -5.07. The van der Waals surface area contributed by atoms with Gasteiger partial charge in [-0.1, -0.05) is 38.1 Å². The number of aryl methyl sites for hydroxylation is 1. The fraction of sp³-hybridized carbons (Fsp3) is 0.441. The molecular formula is C34H43N9O4. The van der Waals surface area contributed by atoms with E-state index < -0.39 is 11.5 Å².